The summed E-state index contributed by atoms with van der Waals surface area (Å²) < 4.78 is 0. The molecule has 1 aromatic carbocycles. The van der Waals surface area contributed by atoms with Crippen LogP contribution in [0.15, 0.2) is 42.0 Å². The summed E-state index contributed by atoms with van der Waals surface area (Å²) in [4.78, 5) is 40.6. The highest BCUT2D eigenvalue weighted by Gasteiger charge is 2.19. The summed E-state index contributed by atoms with van der Waals surface area (Å²) in [5, 5.41) is 4.84. The maximum atomic E-state index is 12.7. The first-order valence-electron chi connectivity index (χ1n) is 8.47. The van der Waals surface area contributed by atoms with Crippen LogP contribution in [0.3, 0.4) is 0 Å². The van der Waals surface area contributed by atoms with Gasteiger partial charge in [-0.15, -0.1) is 11.3 Å². The molecule has 4 aromatic rings. The molecule has 8 heteroatoms. The molecular formula is C19H17N5O2S. The van der Waals surface area contributed by atoms with E-state index in [0.717, 1.165) is 10.7 Å². The van der Waals surface area contributed by atoms with Crippen LogP contribution in [-0.4, -0.2) is 38.2 Å². The van der Waals surface area contributed by atoms with Gasteiger partial charge in [-0.25, -0.2) is 9.97 Å². The Labute approximate surface area is 158 Å². The van der Waals surface area contributed by atoms with Crippen LogP contribution in [0.5, 0.6) is 0 Å². The third kappa shape index (κ3) is 3.39. The van der Waals surface area contributed by atoms with E-state index in [1.165, 1.54) is 6.92 Å². The van der Waals surface area contributed by atoms with Crippen LogP contribution in [0, 0.1) is 0 Å². The summed E-state index contributed by atoms with van der Waals surface area (Å²) in [6.07, 6.45) is 4.03. The molecule has 0 aliphatic carbocycles. The molecule has 4 rings (SSSR count). The summed E-state index contributed by atoms with van der Waals surface area (Å²) in [6.45, 7) is 1.95. The van der Waals surface area contributed by atoms with Gasteiger partial charge in [0.25, 0.3) is 5.91 Å². The number of hydrogen-bond acceptors (Lipinski definition) is 5. The molecule has 7 nitrogen and oxygen atoms in total. The van der Waals surface area contributed by atoms with Gasteiger partial charge >= 0.3 is 0 Å². The lowest BCUT2D eigenvalue weighted by Crippen LogP contribution is -2.26. The Kier molecular flexibility index (Phi) is 4.55. The Balaban J connectivity index is 1.66. The molecule has 0 atom stereocenters. The number of hydrogen-bond donors (Lipinski definition) is 3. The monoisotopic (exact) mass is 379 g/mol. The van der Waals surface area contributed by atoms with Gasteiger partial charge in [0.1, 0.15) is 17.2 Å². The molecule has 0 saturated carbocycles. The number of fused-ring (bicyclic) bond motifs is 1. The molecule has 136 valence electrons. The van der Waals surface area contributed by atoms with Crippen molar-refractivity contribution in [3.8, 4) is 10.7 Å². The minimum atomic E-state index is -0.231. The van der Waals surface area contributed by atoms with Gasteiger partial charge in [0.2, 0.25) is 0 Å². The smallest absolute Gasteiger partial charge is 0.253 e. The number of rotatable bonds is 6. The number of carbonyl (C=O) groups is 2. The van der Waals surface area contributed by atoms with Crippen molar-refractivity contribution in [3.05, 3.63) is 59.0 Å². The van der Waals surface area contributed by atoms with Crippen molar-refractivity contribution in [1.29, 1.82) is 0 Å². The van der Waals surface area contributed by atoms with Gasteiger partial charge < -0.3 is 15.3 Å². The molecule has 0 saturated heterocycles. The molecule has 1 amide bonds. The topological polar surface area (TPSA) is 104 Å². The fourth-order valence-corrected chi connectivity index (χ4v) is 3.59. The number of nitrogens with one attached hydrogen (secondary N) is 3. The molecular weight excluding hydrogens is 362 g/mol. The lowest BCUT2D eigenvalue weighted by Gasteiger charge is -2.06. The van der Waals surface area contributed by atoms with E-state index < -0.39 is 0 Å². The lowest BCUT2D eigenvalue weighted by atomic mass is 10.1. The number of imidazole rings is 2. The van der Waals surface area contributed by atoms with E-state index in [4.69, 9.17) is 0 Å². The zero-order valence-electron chi connectivity index (χ0n) is 14.6. The van der Waals surface area contributed by atoms with Crippen molar-refractivity contribution in [2.75, 3.05) is 6.54 Å². The first kappa shape index (κ1) is 17.2. The first-order chi connectivity index (χ1) is 13.1. The number of amides is 1. The average Bonchev–Trinajstić information content (AvgIpc) is 3.39. The Morgan fingerprint density at radius 1 is 1.22 bits per heavy atom. The van der Waals surface area contributed by atoms with Crippen molar-refractivity contribution >= 4 is 34.1 Å². The van der Waals surface area contributed by atoms with Crippen LogP contribution >= 0.6 is 11.3 Å². The Morgan fingerprint density at radius 3 is 2.78 bits per heavy atom. The fourth-order valence-electron chi connectivity index (χ4n) is 2.92. The zero-order valence-corrected chi connectivity index (χ0v) is 15.4. The quantitative estimate of drug-likeness (QED) is 0.448. The Morgan fingerprint density at radius 2 is 2.07 bits per heavy atom. The van der Waals surface area contributed by atoms with Gasteiger partial charge in [-0.1, -0.05) is 6.07 Å². The second kappa shape index (κ2) is 7.16. The predicted molar refractivity (Wildman–Crippen MR) is 104 cm³/mol. The highest BCUT2D eigenvalue weighted by molar-refractivity contribution is 7.13. The third-order valence-corrected chi connectivity index (χ3v) is 5.10. The van der Waals surface area contributed by atoms with Crippen LogP contribution in [-0.2, 0) is 6.42 Å². The second-order valence-corrected chi connectivity index (χ2v) is 6.99. The molecule has 27 heavy (non-hydrogen) atoms. The number of nitrogens with zero attached hydrogens (tertiary/aromatic N) is 2. The average molecular weight is 379 g/mol. The van der Waals surface area contributed by atoms with Crippen molar-refractivity contribution < 1.29 is 9.59 Å². The minimum absolute atomic E-state index is 0.0776. The Hall–Kier alpha value is -3.26. The highest BCUT2D eigenvalue weighted by atomic mass is 32.1. The number of benzene rings is 1. The van der Waals surface area contributed by atoms with Gasteiger partial charge in [-0.05, 0) is 30.5 Å². The molecule has 0 radical (unpaired) electrons. The normalized spacial score (nSPS) is 11.0. The molecule has 0 unspecified atom stereocenters. The van der Waals surface area contributed by atoms with E-state index in [0.29, 0.717) is 41.0 Å². The molecule has 0 spiro atoms. The van der Waals surface area contributed by atoms with E-state index in [1.807, 2.05) is 17.5 Å². The van der Waals surface area contributed by atoms with Crippen molar-refractivity contribution in [3.63, 3.8) is 0 Å². The van der Waals surface area contributed by atoms with Gasteiger partial charge in [0.15, 0.2) is 5.78 Å². The molecule has 3 N–H and O–H groups in total. The molecule has 0 bridgehead atoms. The van der Waals surface area contributed by atoms with Gasteiger partial charge in [-0.2, -0.15) is 0 Å². The number of aromatic amines is 2. The molecule has 0 aliphatic rings. The molecule has 3 heterocycles. The number of aromatic nitrogens is 4. The summed E-state index contributed by atoms with van der Waals surface area (Å²) in [5.41, 5.74) is 2.05. The molecule has 3 aromatic heterocycles. The number of thiophene rings is 1. The largest absolute Gasteiger partial charge is 0.352 e. The summed E-state index contributed by atoms with van der Waals surface area (Å²) >= 11 is 1.54. The molecule has 0 aliphatic heterocycles. The van der Waals surface area contributed by atoms with Gasteiger partial charge in [0, 0.05) is 30.9 Å². The summed E-state index contributed by atoms with van der Waals surface area (Å²) in [7, 11) is 0. The van der Waals surface area contributed by atoms with Crippen molar-refractivity contribution in [1.82, 2.24) is 25.3 Å². The van der Waals surface area contributed by atoms with Crippen LogP contribution in [0.1, 0.15) is 33.5 Å². The maximum Gasteiger partial charge on any atom is 0.253 e. The fraction of sp³-hybridized carbons (Fsp3) is 0.158. The summed E-state index contributed by atoms with van der Waals surface area (Å²) in [6, 6.07) is 7.20. The highest BCUT2D eigenvalue weighted by Crippen LogP contribution is 2.28. The van der Waals surface area contributed by atoms with Crippen LogP contribution < -0.4 is 5.32 Å². The number of carbonyl (C=O) groups excluding carboxylic acids is 2. The third-order valence-electron chi connectivity index (χ3n) is 4.23. The first-order valence-corrected chi connectivity index (χ1v) is 9.35. The van der Waals surface area contributed by atoms with Crippen LogP contribution in [0.25, 0.3) is 21.7 Å². The van der Waals surface area contributed by atoms with Crippen LogP contribution in [0.4, 0.5) is 0 Å². The van der Waals surface area contributed by atoms with E-state index >= 15 is 0 Å². The van der Waals surface area contributed by atoms with E-state index in [-0.39, 0.29) is 11.7 Å². The number of Topliss-reactive ketones (excluding diaryl/α,β-unsaturated/α-hetero) is 1. The predicted octanol–water partition coefficient (Wildman–Crippen LogP) is 3.19. The zero-order chi connectivity index (χ0) is 18.8. The van der Waals surface area contributed by atoms with E-state index in [9.17, 15) is 9.59 Å². The van der Waals surface area contributed by atoms with E-state index in [2.05, 4.69) is 25.3 Å². The number of ketones is 1. The lowest BCUT2D eigenvalue weighted by molar-refractivity contribution is 0.0953. The van der Waals surface area contributed by atoms with Crippen LogP contribution in [0.2, 0.25) is 0 Å². The van der Waals surface area contributed by atoms with Gasteiger partial charge in [-0.3, -0.25) is 9.59 Å². The maximum absolute atomic E-state index is 12.7. The molecule has 0 fully saturated rings. The minimum Gasteiger partial charge on any atom is -0.352 e. The Bertz CT molecular complexity index is 1100. The van der Waals surface area contributed by atoms with Crippen molar-refractivity contribution in [2.24, 2.45) is 0 Å². The van der Waals surface area contributed by atoms with Crippen molar-refractivity contribution in [2.45, 2.75) is 13.3 Å². The summed E-state index contributed by atoms with van der Waals surface area (Å²) in [5.74, 6) is 1.16. The SMILES string of the molecule is CC(=O)c1ccc(C(=O)NCCc2ncc[nH]2)c2nc(-c3cccs3)[nH]c12. The van der Waals surface area contributed by atoms with E-state index in [1.54, 1.807) is 35.9 Å². The van der Waals surface area contributed by atoms with Gasteiger partial charge in [0.05, 0.1) is 16.0 Å². The number of H-pyrrole nitrogens is 2. The standard InChI is InChI=1S/C19H17N5O2S/c1-11(25)12-4-5-13(19(26)22-7-6-15-20-8-9-21-15)17-16(12)23-18(24-17)14-3-2-10-27-14/h2-5,8-10H,6-7H2,1H3,(H,20,21)(H,22,26)(H,23,24). The second-order valence-electron chi connectivity index (χ2n) is 6.04.